The Hall–Kier alpha value is -1.72. The molecule has 1 heterocycles. The average molecular weight is 411 g/mol. The first kappa shape index (κ1) is 22.0. The van der Waals surface area contributed by atoms with Crippen molar-refractivity contribution in [1.29, 1.82) is 0 Å². The van der Waals surface area contributed by atoms with Crippen LogP contribution in [0, 0.1) is 0 Å². The van der Waals surface area contributed by atoms with Crippen molar-refractivity contribution in [2.24, 2.45) is 0 Å². The van der Waals surface area contributed by atoms with Crippen molar-refractivity contribution in [1.82, 2.24) is 0 Å². The third-order valence-corrected chi connectivity index (χ3v) is 10.6. The van der Waals surface area contributed by atoms with E-state index in [1.54, 1.807) is 0 Å². The van der Waals surface area contributed by atoms with Crippen LogP contribution in [0.3, 0.4) is 0 Å². The van der Waals surface area contributed by atoms with Crippen LogP contribution in [0.15, 0.2) is 72.8 Å². The van der Waals surface area contributed by atoms with E-state index in [1.807, 2.05) is 20.8 Å². The highest BCUT2D eigenvalue weighted by molar-refractivity contribution is 6.99. The van der Waals surface area contributed by atoms with E-state index in [2.05, 4.69) is 88.0 Å². The van der Waals surface area contributed by atoms with Crippen LogP contribution >= 0.6 is 0 Å². The standard InChI is InChI=1S/C25H34O3Si/c1-19(2)23(22-18-26-25(6,7)27-22)28-29(24(3,4)5,20-14-10-8-11-15-20)21-16-12-9-13-17-21/h8-17,22-23H,1,18H2,2-7H3/t22-,23-/m0/s1. The molecule has 156 valence electrons. The predicted molar refractivity (Wildman–Crippen MR) is 122 cm³/mol. The van der Waals surface area contributed by atoms with Crippen LogP contribution in [0.4, 0.5) is 0 Å². The van der Waals surface area contributed by atoms with Crippen LogP contribution in [0.2, 0.25) is 5.04 Å². The van der Waals surface area contributed by atoms with Crippen molar-refractivity contribution in [2.45, 2.75) is 64.6 Å². The van der Waals surface area contributed by atoms with Crippen LogP contribution in [0.5, 0.6) is 0 Å². The van der Waals surface area contributed by atoms with Gasteiger partial charge in [0.15, 0.2) is 5.79 Å². The molecule has 0 amide bonds. The monoisotopic (exact) mass is 410 g/mol. The first-order chi connectivity index (χ1) is 13.6. The Morgan fingerprint density at radius 1 is 1.03 bits per heavy atom. The maximum atomic E-state index is 7.25. The summed E-state index contributed by atoms with van der Waals surface area (Å²) < 4.78 is 19.3. The lowest BCUT2D eigenvalue weighted by Crippen LogP contribution is -2.68. The molecular weight excluding hydrogens is 376 g/mol. The SMILES string of the molecule is C=C(C)[C@H](O[Si](c1ccccc1)(c1ccccc1)C(C)(C)C)[C@@H]1COC(C)(C)O1. The smallest absolute Gasteiger partial charge is 0.262 e. The van der Waals surface area contributed by atoms with E-state index < -0.39 is 14.1 Å². The lowest BCUT2D eigenvalue weighted by Gasteiger charge is -2.46. The van der Waals surface area contributed by atoms with Gasteiger partial charge in [-0.1, -0.05) is 93.6 Å². The van der Waals surface area contributed by atoms with Gasteiger partial charge in [0.1, 0.15) is 6.10 Å². The molecule has 3 nitrogen and oxygen atoms in total. The van der Waals surface area contributed by atoms with Gasteiger partial charge in [-0.05, 0) is 36.2 Å². The van der Waals surface area contributed by atoms with Gasteiger partial charge in [0.2, 0.25) is 0 Å². The molecule has 0 N–H and O–H groups in total. The third-order valence-electron chi connectivity index (χ3n) is 5.57. The maximum absolute atomic E-state index is 7.25. The molecule has 1 aliphatic rings. The summed E-state index contributed by atoms with van der Waals surface area (Å²) in [6, 6.07) is 21.3. The van der Waals surface area contributed by atoms with Crippen LogP contribution < -0.4 is 10.4 Å². The van der Waals surface area contributed by atoms with Gasteiger partial charge in [-0.2, -0.15) is 0 Å². The molecule has 2 aromatic rings. The molecule has 29 heavy (non-hydrogen) atoms. The van der Waals surface area contributed by atoms with E-state index in [1.165, 1.54) is 10.4 Å². The van der Waals surface area contributed by atoms with Crippen molar-refractivity contribution in [2.75, 3.05) is 6.61 Å². The Kier molecular flexibility index (Phi) is 6.21. The molecule has 0 spiro atoms. The summed E-state index contributed by atoms with van der Waals surface area (Å²) >= 11 is 0. The van der Waals surface area contributed by atoms with Gasteiger partial charge in [-0.15, -0.1) is 0 Å². The lowest BCUT2D eigenvalue weighted by atomic mass is 10.1. The van der Waals surface area contributed by atoms with E-state index >= 15 is 0 Å². The molecule has 1 aliphatic heterocycles. The second-order valence-corrected chi connectivity index (χ2v) is 13.7. The highest BCUT2D eigenvalue weighted by Gasteiger charge is 2.53. The molecule has 2 atom stereocenters. The summed E-state index contributed by atoms with van der Waals surface area (Å²) in [5, 5.41) is 2.41. The number of ether oxygens (including phenoxy) is 2. The van der Waals surface area contributed by atoms with Gasteiger partial charge in [-0.3, -0.25) is 0 Å². The number of hydrogen-bond acceptors (Lipinski definition) is 3. The molecule has 0 saturated carbocycles. The van der Waals surface area contributed by atoms with Crippen LogP contribution in [-0.2, 0) is 13.9 Å². The predicted octanol–water partition coefficient (Wildman–Crippen LogP) is 4.66. The summed E-state index contributed by atoms with van der Waals surface area (Å²) in [6.07, 6.45) is -0.424. The van der Waals surface area contributed by atoms with E-state index in [-0.39, 0.29) is 17.2 Å². The summed E-state index contributed by atoms with van der Waals surface area (Å²) in [4.78, 5) is 0. The first-order valence-corrected chi connectivity index (χ1v) is 12.2. The Balaban J connectivity index is 2.15. The fourth-order valence-corrected chi connectivity index (χ4v) is 8.99. The summed E-state index contributed by atoms with van der Waals surface area (Å²) in [7, 11) is -2.69. The molecule has 0 aliphatic carbocycles. The Morgan fingerprint density at radius 2 is 1.52 bits per heavy atom. The molecule has 3 rings (SSSR count). The fraction of sp³-hybridized carbons (Fsp3) is 0.440. The molecule has 4 heteroatoms. The molecule has 0 radical (unpaired) electrons. The van der Waals surface area contributed by atoms with Gasteiger partial charge >= 0.3 is 0 Å². The van der Waals surface area contributed by atoms with Gasteiger partial charge in [0.25, 0.3) is 8.32 Å². The number of rotatable bonds is 6. The highest BCUT2D eigenvalue weighted by atomic mass is 28.4. The van der Waals surface area contributed by atoms with Crippen molar-refractivity contribution < 1.29 is 13.9 Å². The average Bonchev–Trinajstić information content (AvgIpc) is 3.02. The zero-order chi connectivity index (χ0) is 21.3. The Bertz CT molecular complexity index is 785. The zero-order valence-corrected chi connectivity index (χ0v) is 19.6. The molecule has 1 saturated heterocycles. The maximum Gasteiger partial charge on any atom is 0.262 e. The molecule has 0 unspecified atom stereocenters. The Labute approximate surface area is 176 Å². The lowest BCUT2D eigenvalue weighted by molar-refractivity contribution is -0.146. The van der Waals surface area contributed by atoms with Crippen molar-refractivity contribution in [3.63, 3.8) is 0 Å². The topological polar surface area (TPSA) is 27.7 Å². The molecule has 0 aromatic heterocycles. The largest absolute Gasteiger partial charge is 0.398 e. The van der Waals surface area contributed by atoms with Gasteiger partial charge in [-0.25, -0.2) is 0 Å². The van der Waals surface area contributed by atoms with E-state index in [4.69, 9.17) is 13.9 Å². The minimum Gasteiger partial charge on any atom is -0.398 e. The van der Waals surface area contributed by atoms with E-state index in [9.17, 15) is 0 Å². The van der Waals surface area contributed by atoms with E-state index in [0.29, 0.717) is 6.61 Å². The summed E-state index contributed by atoms with van der Waals surface area (Å²) in [6.45, 7) is 17.5. The minimum absolute atomic E-state index is 0.0988. The second-order valence-electron chi connectivity index (χ2n) is 9.42. The van der Waals surface area contributed by atoms with Crippen molar-refractivity contribution >= 4 is 18.7 Å². The normalized spacial score (nSPS) is 20.4. The number of hydrogen-bond donors (Lipinski definition) is 0. The van der Waals surface area contributed by atoms with Crippen LogP contribution in [-0.4, -0.2) is 32.9 Å². The minimum atomic E-state index is -2.69. The highest BCUT2D eigenvalue weighted by Crippen LogP contribution is 2.39. The summed E-state index contributed by atoms with van der Waals surface area (Å²) in [5.41, 5.74) is 0.962. The number of benzene rings is 2. The van der Waals surface area contributed by atoms with Crippen LogP contribution in [0.25, 0.3) is 0 Å². The van der Waals surface area contributed by atoms with Gasteiger partial charge < -0.3 is 13.9 Å². The molecular formula is C25H34O3Si. The Morgan fingerprint density at radius 3 is 1.86 bits per heavy atom. The zero-order valence-electron chi connectivity index (χ0n) is 18.6. The third kappa shape index (κ3) is 4.41. The van der Waals surface area contributed by atoms with Crippen molar-refractivity contribution in [3.8, 4) is 0 Å². The molecule has 2 aromatic carbocycles. The first-order valence-electron chi connectivity index (χ1n) is 10.3. The fourth-order valence-electron chi connectivity index (χ4n) is 4.24. The molecule has 1 fully saturated rings. The van der Waals surface area contributed by atoms with Crippen molar-refractivity contribution in [3.05, 3.63) is 72.8 Å². The quantitative estimate of drug-likeness (QED) is 0.512. The summed E-state index contributed by atoms with van der Waals surface area (Å²) in [5.74, 6) is -0.604. The second kappa shape index (κ2) is 8.19. The van der Waals surface area contributed by atoms with Crippen LogP contribution in [0.1, 0.15) is 41.5 Å². The van der Waals surface area contributed by atoms with E-state index in [0.717, 1.165) is 5.57 Å². The molecule has 0 bridgehead atoms. The van der Waals surface area contributed by atoms with Gasteiger partial charge in [0, 0.05) is 0 Å². The van der Waals surface area contributed by atoms with Gasteiger partial charge in [0.05, 0.1) is 12.7 Å².